The molecule has 9 heteroatoms. The van der Waals surface area contributed by atoms with Crippen molar-refractivity contribution in [1.29, 1.82) is 0 Å². The minimum atomic E-state index is -1.10. The fourth-order valence-electron chi connectivity index (χ4n) is 2.06. The Morgan fingerprint density at radius 2 is 2.29 bits per heavy atom. The lowest BCUT2D eigenvalue weighted by Gasteiger charge is -2.38. The number of rotatable bonds is 6. The molecule has 0 spiro atoms. The van der Waals surface area contributed by atoms with Gasteiger partial charge in [0.25, 0.3) is 0 Å². The van der Waals surface area contributed by atoms with Gasteiger partial charge < -0.3 is 15.3 Å². The summed E-state index contributed by atoms with van der Waals surface area (Å²) in [5, 5.41) is 19.0. The van der Waals surface area contributed by atoms with Crippen molar-refractivity contribution in [3.05, 3.63) is 11.9 Å². The largest absolute Gasteiger partial charge is 0.476 e. The highest BCUT2D eigenvalue weighted by molar-refractivity contribution is 7.98. The molecule has 0 saturated carbocycles. The lowest BCUT2D eigenvalue weighted by Crippen LogP contribution is -2.54. The van der Waals surface area contributed by atoms with Crippen LogP contribution in [0.2, 0.25) is 0 Å². The molecule has 8 nitrogen and oxygen atoms in total. The number of thioether (sulfide) groups is 1. The Labute approximate surface area is 126 Å². The molecule has 0 aliphatic carbocycles. The zero-order valence-corrected chi connectivity index (χ0v) is 12.8. The first-order chi connectivity index (χ1) is 10.0. The molecule has 1 aromatic rings. The van der Waals surface area contributed by atoms with E-state index in [1.54, 1.807) is 16.7 Å². The van der Waals surface area contributed by atoms with Gasteiger partial charge in [-0.25, -0.2) is 14.3 Å². The third-order valence-corrected chi connectivity index (χ3v) is 4.21. The molecule has 116 valence electrons. The van der Waals surface area contributed by atoms with Crippen LogP contribution in [0.15, 0.2) is 6.20 Å². The maximum absolute atomic E-state index is 11.9. The van der Waals surface area contributed by atoms with Crippen LogP contribution >= 0.6 is 11.8 Å². The average Bonchev–Trinajstić information content (AvgIpc) is 2.84. The Morgan fingerprint density at radius 1 is 1.57 bits per heavy atom. The van der Waals surface area contributed by atoms with Gasteiger partial charge in [-0.2, -0.15) is 11.8 Å². The van der Waals surface area contributed by atoms with Crippen molar-refractivity contribution in [2.45, 2.75) is 13.0 Å². The number of carbonyl (C=O) groups excluding carboxylic acids is 1. The molecule has 0 aromatic carbocycles. The number of likely N-dealkylation sites (tertiary alicyclic amines) is 1. The van der Waals surface area contributed by atoms with Crippen LogP contribution in [0.3, 0.4) is 0 Å². The average molecular weight is 313 g/mol. The Bertz CT molecular complexity index is 515. The van der Waals surface area contributed by atoms with E-state index in [4.69, 9.17) is 5.11 Å². The third kappa shape index (κ3) is 3.87. The SMILES string of the molecule is CSCC(C)CNC(=O)N1CC(n2cc(C(=O)O)nn2)C1. The van der Waals surface area contributed by atoms with E-state index in [1.807, 2.05) is 6.26 Å². The molecule has 0 bridgehead atoms. The van der Waals surface area contributed by atoms with E-state index in [2.05, 4.69) is 22.6 Å². The van der Waals surface area contributed by atoms with Crippen molar-refractivity contribution in [3.8, 4) is 0 Å². The second-order valence-electron chi connectivity index (χ2n) is 5.19. The van der Waals surface area contributed by atoms with Crippen LogP contribution in [0.4, 0.5) is 4.79 Å². The number of carbonyl (C=O) groups is 2. The standard InChI is InChI=1S/C12H19N5O3S/c1-8(7-21-2)3-13-12(20)16-4-9(5-16)17-6-10(11(18)19)14-15-17/h6,8-9H,3-5,7H2,1-2H3,(H,13,20)(H,18,19). The van der Waals surface area contributed by atoms with E-state index in [-0.39, 0.29) is 17.8 Å². The van der Waals surface area contributed by atoms with E-state index < -0.39 is 5.97 Å². The summed E-state index contributed by atoms with van der Waals surface area (Å²) in [4.78, 5) is 24.3. The number of urea groups is 1. The zero-order valence-electron chi connectivity index (χ0n) is 12.0. The fraction of sp³-hybridized carbons (Fsp3) is 0.667. The first kappa shape index (κ1) is 15.6. The number of nitrogens with zero attached hydrogens (tertiary/aromatic N) is 4. The molecule has 2 rings (SSSR count). The van der Waals surface area contributed by atoms with Gasteiger partial charge in [0.05, 0.1) is 12.2 Å². The molecule has 2 heterocycles. The quantitative estimate of drug-likeness (QED) is 0.795. The van der Waals surface area contributed by atoms with Crippen LogP contribution in [0.25, 0.3) is 0 Å². The van der Waals surface area contributed by atoms with Crippen molar-refractivity contribution < 1.29 is 14.7 Å². The van der Waals surface area contributed by atoms with Crippen LogP contribution in [-0.4, -0.2) is 68.6 Å². The third-order valence-electron chi connectivity index (χ3n) is 3.31. The highest BCUT2D eigenvalue weighted by Gasteiger charge is 2.33. The van der Waals surface area contributed by atoms with E-state index in [1.165, 1.54) is 10.9 Å². The monoisotopic (exact) mass is 313 g/mol. The predicted octanol–water partition coefficient (Wildman–Crippen LogP) is 0.542. The van der Waals surface area contributed by atoms with Crippen LogP contribution in [0.1, 0.15) is 23.5 Å². The molecular formula is C12H19N5O3S. The second-order valence-corrected chi connectivity index (χ2v) is 6.11. The van der Waals surface area contributed by atoms with Gasteiger partial charge in [-0.1, -0.05) is 12.1 Å². The molecule has 21 heavy (non-hydrogen) atoms. The first-order valence-electron chi connectivity index (χ1n) is 6.68. The summed E-state index contributed by atoms with van der Waals surface area (Å²) < 4.78 is 1.50. The van der Waals surface area contributed by atoms with E-state index in [0.29, 0.717) is 25.6 Å². The number of nitrogens with one attached hydrogen (secondary N) is 1. The lowest BCUT2D eigenvalue weighted by atomic mass is 10.1. The minimum absolute atomic E-state index is 0.0000270. The van der Waals surface area contributed by atoms with Gasteiger partial charge in [-0.05, 0) is 17.9 Å². The summed E-state index contributed by atoms with van der Waals surface area (Å²) in [6.45, 7) is 3.79. The lowest BCUT2D eigenvalue weighted by molar-refractivity contribution is 0.0690. The van der Waals surface area contributed by atoms with Crippen LogP contribution in [0.5, 0.6) is 0 Å². The zero-order chi connectivity index (χ0) is 15.4. The molecule has 1 saturated heterocycles. The topological polar surface area (TPSA) is 100 Å². The summed E-state index contributed by atoms with van der Waals surface area (Å²) >= 11 is 1.76. The Kier molecular flexibility index (Phi) is 5.05. The molecule has 1 aliphatic heterocycles. The van der Waals surface area contributed by atoms with Crippen molar-refractivity contribution in [3.63, 3.8) is 0 Å². The van der Waals surface area contributed by atoms with Crippen molar-refractivity contribution >= 4 is 23.8 Å². The number of aromatic carboxylic acids is 1. The van der Waals surface area contributed by atoms with Crippen LogP contribution in [0, 0.1) is 5.92 Å². The highest BCUT2D eigenvalue weighted by Crippen LogP contribution is 2.20. The summed E-state index contributed by atoms with van der Waals surface area (Å²) in [5.41, 5.74) is -0.0798. The van der Waals surface area contributed by atoms with Crippen LogP contribution in [-0.2, 0) is 0 Å². The Morgan fingerprint density at radius 3 is 2.86 bits per heavy atom. The van der Waals surface area contributed by atoms with E-state index in [9.17, 15) is 9.59 Å². The van der Waals surface area contributed by atoms with Gasteiger partial charge in [-0.3, -0.25) is 0 Å². The van der Waals surface area contributed by atoms with Crippen molar-refractivity contribution in [1.82, 2.24) is 25.2 Å². The van der Waals surface area contributed by atoms with Crippen LogP contribution < -0.4 is 5.32 Å². The van der Waals surface area contributed by atoms with Crippen molar-refractivity contribution in [2.75, 3.05) is 31.6 Å². The number of carboxylic acid groups (broad SMARTS) is 1. The van der Waals surface area contributed by atoms with Gasteiger partial charge in [0.15, 0.2) is 5.69 Å². The fourth-order valence-corrected chi connectivity index (χ4v) is 2.75. The van der Waals surface area contributed by atoms with Gasteiger partial charge in [-0.15, -0.1) is 5.10 Å². The number of hydrogen-bond donors (Lipinski definition) is 2. The molecule has 1 aromatic heterocycles. The molecule has 1 aliphatic rings. The van der Waals surface area contributed by atoms with E-state index >= 15 is 0 Å². The van der Waals surface area contributed by atoms with Crippen molar-refractivity contribution in [2.24, 2.45) is 5.92 Å². The summed E-state index contributed by atoms with van der Waals surface area (Å²) in [6, 6.07) is -0.0854. The molecule has 2 N–H and O–H groups in total. The summed E-state index contributed by atoms with van der Waals surface area (Å²) in [5.74, 6) is 0.354. The maximum atomic E-state index is 11.9. The maximum Gasteiger partial charge on any atom is 0.358 e. The first-order valence-corrected chi connectivity index (χ1v) is 8.07. The number of carboxylic acids is 1. The molecule has 1 unspecified atom stereocenters. The number of hydrogen-bond acceptors (Lipinski definition) is 5. The smallest absolute Gasteiger partial charge is 0.358 e. The van der Waals surface area contributed by atoms with Gasteiger partial charge in [0, 0.05) is 19.6 Å². The second kappa shape index (κ2) is 6.79. The molecular weight excluding hydrogens is 294 g/mol. The molecule has 1 fully saturated rings. The molecule has 0 radical (unpaired) electrons. The minimum Gasteiger partial charge on any atom is -0.476 e. The predicted molar refractivity (Wildman–Crippen MR) is 78.5 cm³/mol. The summed E-state index contributed by atoms with van der Waals surface area (Å²) in [7, 11) is 0. The van der Waals surface area contributed by atoms with Gasteiger partial charge in [0.2, 0.25) is 0 Å². The van der Waals surface area contributed by atoms with Gasteiger partial charge in [0.1, 0.15) is 0 Å². The summed E-state index contributed by atoms with van der Waals surface area (Å²) in [6.07, 6.45) is 3.44. The van der Waals surface area contributed by atoms with Gasteiger partial charge >= 0.3 is 12.0 Å². The van der Waals surface area contributed by atoms with E-state index in [0.717, 1.165) is 5.75 Å². The normalized spacial score (nSPS) is 16.4. The molecule has 1 atom stereocenters. The number of amides is 2. The Hall–Kier alpha value is -1.77. The highest BCUT2D eigenvalue weighted by atomic mass is 32.2. The molecule has 2 amide bonds. The number of aromatic nitrogens is 3. The Balaban J connectivity index is 1.75.